The Hall–Kier alpha value is -0.660. The molecule has 0 unspecified atom stereocenters. The third kappa shape index (κ3) is 4.22. The molecular formula is C11H23N3O3S. The van der Waals surface area contributed by atoms with Crippen molar-refractivity contribution < 1.29 is 13.2 Å². The number of sulfonamides is 1. The van der Waals surface area contributed by atoms with E-state index in [2.05, 4.69) is 4.90 Å². The van der Waals surface area contributed by atoms with E-state index in [1.54, 1.807) is 4.90 Å². The minimum absolute atomic E-state index is 0.0640. The second kappa shape index (κ2) is 5.99. The van der Waals surface area contributed by atoms with Crippen molar-refractivity contribution in [2.24, 2.45) is 0 Å². The molecule has 1 rings (SSSR count). The summed E-state index contributed by atoms with van der Waals surface area (Å²) in [5.41, 5.74) is 0. The maximum Gasteiger partial charge on any atom is 0.237 e. The van der Waals surface area contributed by atoms with Gasteiger partial charge in [-0.25, -0.2) is 8.42 Å². The molecule has 0 radical (unpaired) electrons. The topological polar surface area (TPSA) is 60.9 Å². The number of piperidine rings is 1. The summed E-state index contributed by atoms with van der Waals surface area (Å²) >= 11 is 0. The first-order chi connectivity index (χ1) is 8.21. The van der Waals surface area contributed by atoms with Gasteiger partial charge in [0.25, 0.3) is 0 Å². The lowest BCUT2D eigenvalue weighted by molar-refractivity contribution is -0.132. The number of hydrogen-bond donors (Lipinski definition) is 0. The second-order valence-electron chi connectivity index (χ2n) is 5.09. The van der Waals surface area contributed by atoms with E-state index in [1.807, 2.05) is 14.1 Å². The number of likely N-dealkylation sites (N-methyl/N-ethyl adjacent to an activating group) is 1. The van der Waals surface area contributed by atoms with Gasteiger partial charge in [0.05, 0.1) is 12.8 Å². The Morgan fingerprint density at radius 1 is 1.22 bits per heavy atom. The molecule has 0 aromatic heterocycles. The number of rotatable bonds is 4. The molecule has 1 heterocycles. The van der Waals surface area contributed by atoms with Crippen molar-refractivity contribution in [3.8, 4) is 0 Å². The van der Waals surface area contributed by atoms with Gasteiger partial charge in [-0.2, -0.15) is 4.31 Å². The van der Waals surface area contributed by atoms with Crippen molar-refractivity contribution in [3.63, 3.8) is 0 Å². The fourth-order valence-electron chi connectivity index (χ4n) is 2.04. The van der Waals surface area contributed by atoms with Crippen LogP contribution in [0.3, 0.4) is 0 Å². The van der Waals surface area contributed by atoms with E-state index in [1.165, 1.54) is 7.05 Å². The highest BCUT2D eigenvalue weighted by Gasteiger charge is 2.25. The molecule has 0 N–H and O–H groups in total. The van der Waals surface area contributed by atoms with Crippen molar-refractivity contribution >= 4 is 15.9 Å². The second-order valence-corrected chi connectivity index (χ2v) is 7.18. The Balaban J connectivity index is 2.46. The van der Waals surface area contributed by atoms with Crippen LogP contribution in [0.25, 0.3) is 0 Å². The van der Waals surface area contributed by atoms with Gasteiger partial charge in [0.1, 0.15) is 0 Å². The van der Waals surface area contributed by atoms with Crippen LogP contribution in [-0.4, -0.2) is 81.5 Å². The average molecular weight is 277 g/mol. The average Bonchev–Trinajstić information content (AvgIpc) is 2.27. The highest BCUT2D eigenvalue weighted by atomic mass is 32.2. The summed E-state index contributed by atoms with van der Waals surface area (Å²) in [5.74, 6) is -0.111. The van der Waals surface area contributed by atoms with Crippen LogP contribution in [0.4, 0.5) is 0 Å². The molecule has 0 aromatic carbocycles. The molecule has 18 heavy (non-hydrogen) atoms. The number of amides is 1. The third-order valence-corrected chi connectivity index (χ3v) is 4.73. The van der Waals surface area contributed by atoms with Gasteiger partial charge < -0.3 is 9.80 Å². The lowest BCUT2D eigenvalue weighted by Crippen LogP contribution is -2.47. The maximum absolute atomic E-state index is 11.9. The Morgan fingerprint density at radius 2 is 1.72 bits per heavy atom. The predicted octanol–water partition coefficient (Wildman–Crippen LogP) is -0.570. The monoisotopic (exact) mass is 277 g/mol. The molecule has 0 saturated carbocycles. The van der Waals surface area contributed by atoms with Crippen molar-refractivity contribution in [2.45, 2.75) is 18.9 Å². The van der Waals surface area contributed by atoms with E-state index < -0.39 is 10.0 Å². The van der Waals surface area contributed by atoms with Crippen molar-refractivity contribution in [2.75, 3.05) is 47.0 Å². The summed E-state index contributed by atoms with van der Waals surface area (Å²) in [4.78, 5) is 15.9. The molecule has 1 fully saturated rings. The molecule has 1 amide bonds. The molecule has 7 heteroatoms. The molecule has 1 aliphatic rings. The molecule has 0 spiro atoms. The van der Waals surface area contributed by atoms with Crippen LogP contribution in [0, 0.1) is 0 Å². The third-order valence-electron chi connectivity index (χ3n) is 3.47. The quantitative estimate of drug-likeness (QED) is 0.690. The highest BCUT2D eigenvalue weighted by Crippen LogP contribution is 2.14. The first-order valence-corrected chi connectivity index (χ1v) is 7.92. The van der Waals surface area contributed by atoms with E-state index >= 15 is 0 Å². The van der Waals surface area contributed by atoms with E-state index in [4.69, 9.17) is 0 Å². The Labute approximate surface area is 110 Å². The molecule has 1 aliphatic heterocycles. The fraction of sp³-hybridized carbons (Fsp3) is 0.909. The minimum atomic E-state index is -3.28. The van der Waals surface area contributed by atoms with E-state index in [-0.39, 0.29) is 12.5 Å². The van der Waals surface area contributed by atoms with Crippen LogP contribution >= 0.6 is 0 Å². The van der Waals surface area contributed by atoms with Gasteiger partial charge in [-0.1, -0.05) is 0 Å². The van der Waals surface area contributed by atoms with Crippen LogP contribution in [0.2, 0.25) is 0 Å². The number of likely N-dealkylation sites (tertiary alicyclic amines) is 1. The summed E-state index contributed by atoms with van der Waals surface area (Å²) in [6.45, 7) is 1.35. The van der Waals surface area contributed by atoms with Crippen molar-refractivity contribution in [1.82, 2.24) is 14.1 Å². The minimum Gasteiger partial charge on any atom is -0.341 e. The van der Waals surface area contributed by atoms with Gasteiger partial charge in [0.15, 0.2) is 0 Å². The zero-order valence-corrected chi connectivity index (χ0v) is 12.4. The SMILES string of the molecule is CN(C)C1CCN(C(=O)CN(C)S(C)(=O)=O)CC1. The first kappa shape index (κ1) is 15.4. The van der Waals surface area contributed by atoms with Crippen LogP contribution in [0.15, 0.2) is 0 Å². The summed E-state index contributed by atoms with van der Waals surface area (Å²) in [6, 6.07) is 0.515. The summed E-state index contributed by atoms with van der Waals surface area (Å²) in [6.07, 6.45) is 3.00. The van der Waals surface area contributed by atoms with Gasteiger partial charge in [-0.15, -0.1) is 0 Å². The molecule has 1 saturated heterocycles. The lowest BCUT2D eigenvalue weighted by Gasteiger charge is -2.35. The fourth-order valence-corrected chi connectivity index (χ4v) is 2.38. The number of carbonyl (C=O) groups is 1. The van der Waals surface area contributed by atoms with Gasteiger partial charge >= 0.3 is 0 Å². The predicted molar refractivity (Wildman–Crippen MR) is 70.8 cm³/mol. The molecule has 6 nitrogen and oxygen atoms in total. The Morgan fingerprint density at radius 3 is 2.11 bits per heavy atom. The van der Waals surface area contributed by atoms with Gasteiger partial charge in [-0.05, 0) is 26.9 Å². The smallest absolute Gasteiger partial charge is 0.237 e. The van der Waals surface area contributed by atoms with Gasteiger partial charge in [0, 0.05) is 26.2 Å². The lowest BCUT2D eigenvalue weighted by atomic mass is 10.0. The van der Waals surface area contributed by atoms with Gasteiger partial charge in [-0.3, -0.25) is 4.79 Å². The maximum atomic E-state index is 11.9. The zero-order valence-electron chi connectivity index (χ0n) is 11.6. The van der Waals surface area contributed by atoms with E-state index in [0.29, 0.717) is 19.1 Å². The first-order valence-electron chi connectivity index (χ1n) is 6.07. The largest absolute Gasteiger partial charge is 0.341 e. The molecular weight excluding hydrogens is 254 g/mol. The van der Waals surface area contributed by atoms with Gasteiger partial charge in [0.2, 0.25) is 15.9 Å². The van der Waals surface area contributed by atoms with E-state index in [9.17, 15) is 13.2 Å². The number of carbonyl (C=O) groups excluding carboxylic acids is 1. The molecule has 0 aromatic rings. The Kier molecular flexibility index (Phi) is 5.12. The Bertz CT molecular complexity index is 386. The van der Waals surface area contributed by atoms with Crippen LogP contribution < -0.4 is 0 Å². The standard InChI is InChI=1S/C11H23N3O3S/c1-12(2)10-5-7-14(8-6-10)11(15)9-13(3)18(4,16)17/h10H,5-9H2,1-4H3. The summed E-state index contributed by atoms with van der Waals surface area (Å²) in [7, 11) is 2.23. The summed E-state index contributed by atoms with van der Waals surface area (Å²) in [5, 5.41) is 0. The van der Waals surface area contributed by atoms with Crippen LogP contribution in [0.1, 0.15) is 12.8 Å². The van der Waals surface area contributed by atoms with Crippen molar-refractivity contribution in [3.05, 3.63) is 0 Å². The van der Waals surface area contributed by atoms with Crippen LogP contribution in [-0.2, 0) is 14.8 Å². The molecule has 106 valence electrons. The van der Waals surface area contributed by atoms with E-state index in [0.717, 1.165) is 23.4 Å². The number of nitrogens with zero attached hydrogens (tertiary/aromatic N) is 3. The molecule has 0 aliphatic carbocycles. The normalized spacial score (nSPS) is 18.7. The number of hydrogen-bond acceptors (Lipinski definition) is 4. The molecule has 0 bridgehead atoms. The van der Waals surface area contributed by atoms with Crippen molar-refractivity contribution in [1.29, 1.82) is 0 Å². The van der Waals surface area contributed by atoms with Crippen LogP contribution in [0.5, 0.6) is 0 Å². The molecule has 0 atom stereocenters. The zero-order chi connectivity index (χ0) is 13.9. The highest BCUT2D eigenvalue weighted by molar-refractivity contribution is 7.88. The summed E-state index contributed by atoms with van der Waals surface area (Å²) < 4.78 is 23.6.